The minimum atomic E-state index is 0.193. The average molecular weight is 278 g/mol. The lowest BCUT2D eigenvalue weighted by Gasteiger charge is -2.07. The van der Waals surface area contributed by atoms with Gasteiger partial charge in [0.2, 0.25) is 5.91 Å². The highest BCUT2D eigenvalue weighted by atomic mass is 16.1. The van der Waals surface area contributed by atoms with E-state index in [0.29, 0.717) is 18.4 Å². The molecule has 1 saturated carbocycles. The number of carbonyl (C=O) groups is 1. The van der Waals surface area contributed by atoms with Crippen LogP contribution in [-0.2, 0) is 18.4 Å². The van der Waals surface area contributed by atoms with Crippen molar-refractivity contribution in [2.45, 2.75) is 58.0 Å². The molecule has 0 saturated heterocycles. The third-order valence-corrected chi connectivity index (χ3v) is 3.50. The molecule has 0 unspecified atom stereocenters. The SMILES string of the molecule is CC(C)c1nn(C)cc1CNCCCC(=O)NC1CC1. The van der Waals surface area contributed by atoms with Crippen molar-refractivity contribution in [3.05, 3.63) is 17.5 Å². The van der Waals surface area contributed by atoms with E-state index in [2.05, 4.69) is 35.8 Å². The average Bonchev–Trinajstić information content (AvgIpc) is 3.10. The van der Waals surface area contributed by atoms with Crippen LogP contribution in [-0.4, -0.2) is 28.3 Å². The van der Waals surface area contributed by atoms with Crippen LogP contribution in [0.5, 0.6) is 0 Å². The third-order valence-electron chi connectivity index (χ3n) is 3.50. The molecule has 1 fully saturated rings. The maximum Gasteiger partial charge on any atom is 0.220 e. The van der Waals surface area contributed by atoms with E-state index in [1.165, 1.54) is 5.56 Å². The standard InChI is InChI=1S/C15H26N4O/c1-11(2)15-12(10-19(3)18-15)9-16-8-4-5-14(20)17-13-6-7-13/h10-11,13,16H,4-9H2,1-3H3,(H,17,20). The molecule has 1 aromatic rings. The lowest BCUT2D eigenvalue weighted by molar-refractivity contribution is -0.121. The van der Waals surface area contributed by atoms with Gasteiger partial charge in [0.05, 0.1) is 5.69 Å². The van der Waals surface area contributed by atoms with Gasteiger partial charge in [-0.15, -0.1) is 0 Å². The van der Waals surface area contributed by atoms with Gasteiger partial charge >= 0.3 is 0 Å². The summed E-state index contributed by atoms with van der Waals surface area (Å²) in [6.07, 6.45) is 5.89. The lowest BCUT2D eigenvalue weighted by Crippen LogP contribution is -2.26. The first kappa shape index (κ1) is 15.0. The van der Waals surface area contributed by atoms with Crippen molar-refractivity contribution in [2.75, 3.05) is 6.54 Å². The smallest absolute Gasteiger partial charge is 0.220 e. The predicted octanol–water partition coefficient (Wildman–Crippen LogP) is 1.69. The Morgan fingerprint density at radius 2 is 2.25 bits per heavy atom. The Balaban J connectivity index is 1.64. The van der Waals surface area contributed by atoms with Crippen molar-refractivity contribution in [2.24, 2.45) is 7.05 Å². The number of hydrogen-bond donors (Lipinski definition) is 2. The zero-order valence-electron chi connectivity index (χ0n) is 12.8. The van der Waals surface area contributed by atoms with E-state index in [4.69, 9.17) is 0 Å². The number of aromatic nitrogens is 2. The minimum absolute atomic E-state index is 0.193. The van der Waals surface area contributed by atoms with E-state index in [-0.39, 0.29) is 5.91 Å². The second kappa shape index (κ2) is 6.88. The van der Waals surface area contributed by atoms with E-state index in [1.54, 1.807) is 0 Å². The molecule has 0 radical (unpaired) electrons. The monoisotopic (exact) mass is 278 g/mol. The van der Waals surface area contributed by atoms with Crippen molar-refractivity contribution in [3.63, 3.8) is 0 Å². The number of hydrogen-bond acceptors (Lipinski definition) is 3. The number of nitrogens with one attached hydrogen (secondary N) is 2. The van der Waals surface area contributed by atoms with Crippen LogP contribution in [0.2, 0.25) is 0 Å². The number of aryl methyl sites for hydroxylation is 1. The number of amides is 1. The van der Waals surface area contributed by atoms with E-state index < -0.39 is 0 Å². The fourth-order valence-electron chi connectivity index (χ4n) is 2.30. The second-order valence-corrected chi connectivity index (χ2v) is 5.99. The molecule has 5 heteroatoms. The first-order valence-electron chi connectivity index (χ1n) is 7.58. The van der Waals surface area contributed by atoms with Crippen LogP contribution in [0.1, 0.15) is 56.7 Å². The minimum Gasteiger partial charge on any atom is -0.353 e. The van der Waals surface area contributed by atoms with E-state index in [1.807, 2.05) is 11.7 Å². The number of carbonyl (C=O) groups excluding carboxylic acids is 1. The molecule has 20 heavy (non-hydrogen) atoms. The molecule has 112 valence electrons. The Labute approximate surface area is 121 Å². The van der Waals surface area contributed by atoms with Gasteiger partial charge in [0.15, 0.2) is 0 Å². The van der Waals surface area contributed by atoms with E-state index in [9.17, 15) is 4.79 Å². The highest BCUT2D eigenvalue weighted by Crippen LogP contribution is 2.19. The Morgan fingerprint density at radius 3 is 2.90 bits per heavy atom. The molecule has 1 heterocycles. The molecule has 1 aliphatic carbocycles. The van der Waals surface area contributed by atoms with Gasteiger partial charge in [-0.05, 0) is 31.7 Å². The summed E-state index contributed by atoms with van der Waals surface area (Å²) in [6, 6.07) is 0.472. The van der Waals surface area contributed by atoms with Crippen LogP contribution in [0.15, 0.2) is 6.20 Å². The van der Waals surface area contributed by atoms with Gasteiger partial charge in [0, 0.05) is 37.8 Å². The van der Waals surface area contributed by atoms with Crippen LogP contribution in [0.25, 0.3) is 0 Å². The summed E-state index contributed by atoms with van der Waals surface area (Å²) in [7, 11) is 1.96. The zero-order chi connectivity index (χ0) is 14.5. The van der Waals surface area contributed by atoms with Crippen LogP contribution in [0.3, 0.4) is 0 Å². The summed E-state index contributed by atoms with van der Waals surface area (Å²) in [5.41, 5.74) is 2.41. The van der Waals surface area contributed by atoms with Gasteiger partial charge in [-0.25, -0.2) is 0 Å². The maximum absolute atomic E-state index is 11.5. The normalized spacial score (nSPS) is 14.8. The van der Waals surface area contributed by atoms with Crippen molar-refractivity contribution in [1.29, 1.82) is 0 Å². The van der Waals surface area contributed by atoms with Crippen LogP contribution in [0, 0.1) is 0 Å². The van der Waals surface area contributed by atoms with E-state index >= 15 is 0 Å². The molecule has 0 aliphatic heterocycles. The summed E-state index contributed by atoms with van der Waals surface area (Å²) in [6.45, 7) is 6.01. The highest BCUT2D eigenvalue weighted by molar-refractivity contribution is 5.76. The molecule has 1 aromatic heterocycles. The third kappa shape index (κ3) is 4.63. The van der Waals surface area contributed by atoms with E-state index in [0.717, 1.165) is 38.0 Å². The van der Waals surface area contributed by atoms with Crippen molar-refractivity contribution in [1.82, 2.24) is 20.4 Å². The quantitative estimate of drug-likeness (QED) is 0.712. The summed E-state index contributed by atoms with van der Waals surface area (Å²) < 4.78 is 1.87. The summed E-state index contributed by atoms with van der Waals surface area (Å²) in [4.78, 5) is 11.5. The summed E-state index contributed by atoms with van der Waals surface area (Å²) in [5.74, 6) is 0.635. The van der Waals surface area contributed by atoms with Crippen molar-refractivity contribution >= 4 is 5.91 Å². The number of nitrogens with zero attached hydrogens (tertiary/aromatic N) is 2. The highest BCUT2D eigenvalue weighted by Gasteiger charge is 2.22. The fraction of sp³-hybridized carbons (Fsp3) is 0.733. The van der Waals surface area contributed by atoms with Gasteiger partial charge in [0.1, 0.15) is 0 Å². The Kier molecular flexibility index (Phi) is 5.17. The van der Waals surface area contributed by atoms with Crippen LogP contribution in [0.4, 0.5) is 0 Å². The van der Waals surface area contributed by atoms with Crippen molar-refractivity contribution in [3.8, 4) is 0 Å². The molecule has 2 rings (SSSR count). The molecule has 1 amide bonds. The lowest BCUT2D eigenvalue weighted by atomic mass is 10.1. The molecule has 1 aliphatic rings. The zero-order valence-corrected chi connectivity index (χ0v) is 12.8. The largest absolute Gasteiger partial charge is 0.353 e. The molecule has 0 aromatic carbocycles. The molecular formula is C15H26N4O. The van der Waals surface area contributed by atoms with Crippen molar-refractivity contribution < 1.29 is 4.79 Å². The summed E-state index contributed by atoms with van der Waals surface area (Å²) in [5, 5.41) is 10.9. The summed E-state index contributed by atoms with van der Waals surface area (Å²) >= 11 is 0. The topological polar surface area (TPSA) is 59.0 Å². The Hall–Kier alpha value is -1.36. The van der Waals surface area contributed by atoms with Gasteiger partial charge in [-0.3, -0.25) is 9.48 Å². The number of rotatable bonds is 8. The predicted molar refractivity (Wildman–Crippen MR) is 79.4 cm³/mol. The molecule has 0 spiro atoms. The molecule has 0 bridgehead atoms. The van der Waals surface area contributed by atoms with Crippen LogP contribution >= 0.6 is 0 Å². The first-order valence-corrected chi connectivity index (χ1v) is 7.58. The van der Waals surface area contributed by atoms with Gasteiger partial charge in [-0.1, -0.05) is 13.8 Å². The molecule has 2 N–H and O–H groups in total. The van der Waals surface area contributed by atoms with Crippen LogP contribution < -0.4 is 10.6 Å². The van der Waals surface area contributed by atoms with Gasteiger partial charge in [-0.2, -0.15) is 5.10 Å². The Morgan fingerprint density at radius 1 is 1.50 bits per heavy atom. The molecular weight excluding hydrogens is 252 g/mol. The first-order chi connectivity index (χ1) is 9.56. The maximum atomic E-state index is 11.5. The fourth-order valence-corrected chi connectivity index (χ4v) is 2.30. The molecule has 5 nitrogen and oxygen atoms in total. The molecule has 0 atom stereocenters. The van der Waals surface area contributed by atoms with Gasteiger partial charge in [0.25, 0.3) is 0 Å². The van der Waals surface area contributed by atoms with Gasteiger partial charge < -0.3 is 10.6 Å². The Bertz CT molecular complexity index is 449. The second-order valence-electron chi connectivity index (χ2n) is 5.99.